The van der Waals surface area contributed by atoms with Gasteiger partial charge in [-0.25, -0.2) is 13.6 Å². The first-order valence-corrected chi connectivity index (χ1v) is 9.81. The Labute approximate surface area is 158 Å². The van der Waals surface area contributed by atoms with Gasteiger partial charge < -0.3 is 5.32 Å². The molecule has 1 unspecified atom stereocenters. The first-order valence-electron chi connectivity index (χ1n) is 7.86. The van der Waals surface area contributed by atoms with Crippen LogP contribution in [0.2, 0.25) is 0 Å². The van der Waals surface area contributed by atoms with Gasteiger partial charge in [0.15, 0.2) is 5.11 Å². The number of rotatable bonds is 5. The van der Waals surface area contributed by atoms with Gasteiger partial charge in [0.25, 0.3) is 0 Å². The summed E-state index contributed by atoms with van der Waals surface area (Å²) in [6.07, 6.45) is 0.646. The van der Waals surface area contributed by atoms with Crippen LogP contribution in [0.4, 0.5) is 5.69 Å². The van der Waals surface area contributed by atoms with Crippen LogP contribution in [0.3, 0.4) is 0 Å². The maximum atomic E-state index is 12.3. The van der Waals surface area contributed by atoms with Crippen LogP contribution in [0, 0.1) is 0 Å². The number of thiocarbonyl (C=S) groups is 1. The molecule has 138 valence electrons. The smallest absolute Gasteiger partial charge is 0.245 e. The summed E-state index contributed by atoms with van der Waals surface area (Å²) in [7, 11) is -3.74. The number of nitrogens with two attached hydrogens (primary N) is 1. The number of sulfonamides is 1. The molecule has 1 atom stereocenters. The molecule has 0 aliphatic rings. The van der Waals surface area contributed by atoms with Crippen LogP contribution in [-0.2, 0) is 14.8 Å². The van der Waals surface area contributed by atoms with E-state index in [-0.39, 0.29) is 21.8 Å². The van der Waals surface area contributed by atoms with E-state index in [1.54, 1.807) is 0 Å². The van der Waals surface area contributed by atoms with Crippen molar-refractivity contribution >= 4 is 38.9 Å². The number of hydrogen-bond donors (Lipinski definition) is 4. The third-order valence-corrected chi connectivity index (χ3v) is 4.80. The van der Waals surface area contributed by atoms with Gasteiger partial charge in [0.2, 0.25) is 15.9 Å². The number of nitrogens with one attached hydrogen (secondary N) is 3. The van der Waals surface area contributed by atoms with Crippen molar-refractivity contribution < 1.29 is 13.2 Å². The minimum atomic E-state index is -3.74. The number of hydrogen-bond acceptors (Lipinski definition) is 4. The van der Waals surface area contributed by atoms with Gasteiger partial charge in [-0.2, -0.15) is 0 Å². The predicted octanol–water partition coefficient (Wildman–Crippen LogP) is 1.85. The molecule has 0 heterocycles. The Balaban J connectivity index is 1.91. The average molecular weight is 393 g/mol. The topological polar surface area (TPSA) is 113 Å². The van der Waals surface area contributed by atoms with Crippen LogP contribution in [-0.4, -0.2) is 19.4 Å². The van der Waals surface area contributed by atoms with Crippen molar-refractivity contribution in [2.45, 2.75) is 24.2 Å². The third kappa shape index (κ3) is 5.51. The van der Waals surface area contributed by atoms with E-state index in [0.717, 1.165) is 5.56 Å². The quantitative estimate of drug-likeness (QED) is 0.456. The number of amides is 1. The number of anilines is 1. The Bertz CT molecular complexity index is 869. The van der Waals surface area contributed by atoms with Gasteiger partial charge in [0.05, 0.1) is 10.8 Å². The summed E-state index contributed by atoms with van der Waals surface area (Å²) in [4.78, 5) is 12.3. The Morgan fingerprint density at radius 2 is 1.69 bits per heavy atom. The van der Waals surface area contributed by atoms with Gasteiger partial charge in [-0.05, 0) is 48.5 Å². The summed E-state index contributed by atoms with van der Waals surface area (Å²) in [6.45, 7) is 1.93. The molecule has 2 aromatic carbocycles. The molecule has 9 heteroatoms. The molecule has 2 aromatic rings. The lowest BCUT2D eigenvalue weighted by Gasteiger charge is -2.17. The molecule has 1 amide bonds. The van der Waals surface area contributed by atoms with E-state index < -0.39 is 10.0 Å². The number of carbonyl (C=O) groups is 1. The number of carbonyl (C=O) groups excluding carboxylic acids is 1. The summed E-state index contributed by atoms with van der Waals surface area (Å²) >= 11 is 5.12. The zero-order chi connectivity index (χ0) is 19.2. The van der Waals surface area contributed by atoms with Crippen molar-refractivity contribution in [1.82, 2.24) is 10.9 Å². The highest BCUT2D eigenvalue weighted by atomic mass is 32.2. The maximum Gasteiger partial charge on any atom is 0.245 e. The first-order chi connectivity index (χ1) is 12.3. The molecular weight excluding hydrogens is 372 g/mol. The fraction of sp³-hybridized carbons (Fsp3) is 0.176. The fourth-order valence-electron chi connectivity index (χ4n) is 2.35. The lowest BCUT2D eigenvalue weighted by molar-refractivity contribution is -0.123. The highest BCUT2D eigenvalue weighted by molar-refractivity contribution is 7.89. The lowest BCUT2D eigenvalue weighted by atomic mass is 9.96. The Kier molecular flexibility index (Phi) is 6.67. The van der Waals surface area contributed by atoms with E-state index >= 15 is 0 Å². The second-order valence-corrected chi connectivity index (χ2v) is 7.48. The molecule has 2 rings (SSSR count). The van der Waals surface area contributed by atoms with Crippen molar-refractivity contribution in [3.05, 3.63) is 60.2 Å². The zero-order valence-corrected chi connectivity index (χ0v) is 15.7. The molecule has 26 heavy (non-hydrogen) atoms. The highest BCUT2D eigenvalue weighted by Crippen LogP contribution is 2.18. The van der Waals surface area contributed by atoms with Crippen molar-refractivity contribution in [2.24, 2.45) is 5.14 Å². The standard InChI is InChI=1S/C17H20N4O3S2/c1-2-15(12-6-4-3-5-7-12)16(22)20-21-17(25)19-13-8-10-14(11-9-13)26(18,23)24/h3-11,15H,2H2,1H3,(H,20,22)(H2,18,23,24)(H2,19,21,25). The molecule has 0 saturated carbocycles. The molecule has 5 N–H and O–H groups in total. The van der Waals surface area contributed by atoms with Gasteiger partial charge >= 0.3 is 0 Å². The monoisotopic (exact) mass is 392 g/mol. The van der Waals surface area contributed by atoms with Crippen LogP contribution in [0.5, 0.6) is 0 Å². The van der Waals surface area contributed by atoms with Crippen molar-refractivity contribution in [3.8, 4) is 0 Å². The van der Waals surface area contributed by atoms with E-state index in [1.807, 2.05) is 37.3 Å². The molecule has 0 radical (unpaired) electrons. The first kappa shape index (κ1) is 19.8. The molecule has 0 spiro atoms. The minimum Gasteiger partial charge on any atom is -0.331 e. The van der Waals surface area contributed by atoms with Crippen LogP contribution < -0.4 is 21.3 Å². The molecule has 0 fully saturated rings. The molecular formula is C17H20N4O3S2. The largest absolute Gasteiger partial charge is 0.331 e. The molecule has 0 saturated heterocycles. The molecule has 0 aliphatic carbocycles. The van der Waals surface area contributed by atoms with Gasteiger partial charge in [-0.1, -0.05) is 37.3 Å². The summed E-state index contributed by atoms with van der Waals surface area (Å²) in [5.41, 5.74) is 6.70. The molecule has 0 aliphatic heterocycles. The second-order valence-electron chi connectivity index (χ2n) is 5.51. The molecule has 7 nitrogen and oxygen atoms in total. The van der Waals surface area contributed by atoms with Crippen LogP contribution in [0.1, 0.15) is 24.8 Å². The summed E-state index contributed by atoms with van der Waals surface area (Å²) < 4.78 is 22.4. The number of benzene rings is 2. The fourth-order valence-corrected chi connectivity index (χ4v) is 3.04. The maximum absolute atomic E-state index is 12.3. The summed E-state index contributed by atoms with van der Waals surface area (Å²) in [6, 6.07) is 15.2. The molecule has 0 bridgehead atoms. The Morgan fingerprint density at radius 3 is 2.23 bits per heavy atom. The van der Waals surface area contributed by atoms with E-state index in [9.17, 15) is 13.2 Å². The van der Waals surface area contributed by atoms with Gasteiger partial charge in [0, 0.05) is 5.69 Å². The highest BCUT2D eigenvalue weighted by Gasteiger charge is 2.18. The van der Waals surface area contributed by atoms with Crippen LogP contribution in [0.15, 0.2) is 59.5 Å². The van der Waals surface area contributed by atoms with Crippen LogP contribution >= 0.6 is 12.2 Å². The van der Waals surface area contributed by atoms with E-state index in [0.29, 0.717) is 12.1 Å². The lowest BCUT2D eigenvalue weighted by Crippen LogP contribution is -2.45. The minimum absolute atomic E-state index is 0.00359. The van der Waals surface area contributed by atoms with Crippen LogP contribution in [0.25, 0.3) is 0 Å². The average Bonchev–Trinajstić information content (AvgIpc) is 2.61. The van der Waals surface area contributed by atoms with E-state index in [1.165, 1.54) is 24.3 Å². The van der Waals surface area contributed by atoms with Gasteiger partial charge in [-0.15, -0.1) is 0 Å². The molecule has 0 aromatic heterocycles. The van der Waals surface area contributed by atoms with Gasteiger partial charge in [-0.3, -0.25) is 15.6 Å². The SMILES string of the molecule is CCC(C(=O)NNC(=S)Nc1ccc(S(N)(=O)=O)cc1)c1ccccc1. The second kappa shape index (κ2) is 8.75. The zero-order valence-electron chi connectivity index (χ0n) is 14.1. The van der Waals surface area contributed by atoms with Gasteiger partial charge in [0.1, 0.15) is 0 Å². The summed E-state index contributed by atoms with van der Waals surface area (Å²) in [5.74, 6) is -0.493. The van der Waals surface area contributed by atoms with E-state index in [2.05, 4.69) is 16.2 Å². The normalized spacial score (nSPS) is 12.1. The van der Waals surface area contributed by atoms with Crippen molar-refractivity contribution in [2.75, 3.05) is 5.32 Å². The predicted molar refractivity (Wildman–Crippen MR) is 105 cm³/mol. The number of primary sulfonamides is 1. The van der Waals surface area contributed by atoms with Crippen molar-refractivity contribution in [3.63, 3.8) is 0 Å². The third-order valence-electron chi connectivity index (χ3n) is 3.67. The summed E-state index contributed by atoms with van der Waals surface area (Å²) in [5, 5.41) is 8.06. The Hall–Kier alpha value is -2.49. The Morgan fingerprint density at radius 1 is 1.08 bits per heavy atom. The van der Waals surface area contributed by atoms with Crippen molar-refractivity contribution in [1.29, 1.82) is 0 Å². The number of hydrazine groups is 1. The van der Waals surface area contributed by atoms with E-state index in [4.69, 9.17) is 17.4 Å².